The van der Waals surface area contributed by atoms with Crippen LogP contribution in [0.3, 0.4) is 0 Å². The van der Waals surface area contributed by atoms with Gasteiger partial charge in [0.25, 0.3) is 10.0 Å². The summed E-state index contributed by atoms with van der Waals surface area (Å²) in [7, 11) is -1.80. The maximum atomic E-state index is 11.9. The molecule has 6 nitrogen and oxygen atoms in total. The normalized spacial score (nSPS) is 23.5. The van der Waals surface area contributed by atoms with Crippen LogP contribution in [-0.4, -0.2) is 46.6 Å². The van der Waals surface area contributed by atoms with E-state index in [1.807, 2.05) is 0 Å². The molecular weight excluding hydrogens is 218 g/mol. The summed E-state index contributed by atoms with van der Waals surface area (Å²) < 4.78 is 26.7. The van der Waals surface area contributed by atoms with Gasteiger partial charge in [-0.25, -0.2) is 13.4 Å². The van der Waals surface area contributed by atoms with Crippen molar-refractivity contribution in [2.24, 2.45) is 7.05 Å². The molecule has 0 radical (unpaired) electrons. The van der Waals surface area contributed by atoms with Gasteiger partial charge in [-0.2, -0.15) is 4.31 Å². The molecule has 1 saturated heterocycles. The van der Waals surface area contributed by atoms with Gasteiger partial charge in [0.2, 0.25) is 0 Å². The molecule has 1 aliphatic rings. The highest BCUT2D eigenvalue weighted by atomic mass is 32.2. The second-order valence-electron chi connectivity index (χ2n) is 3.68. The molecule has 1 N–H and O–H groups in total. The molecule has 0 aliphatic carbocycles. The highest BCUT2D eigenvalue weighted by Gasteiger charge is 2.32. The second kappa shape index (κ2) is 3.58. The zero-order chi connectivity index (χ0) is 11.1. The van der Waals surface area contributed by atoms with Gasteiger partial charge in [-0.05, 0) is 6.42 Å². The fourth-order valence-electron chi connectivity index (χ4n) is 1.58. The quantitative estimate of drug-likeness (QED) is 0.721. The predicted molar refractivity (Wildman–Crippen MR) is 52.6 cm³/mol. The number of aromatic nitrogens is 2. The zero-order valence-electron chi connectivity index (χ0n) is 8.37. The molecular formula is C8H13N3O3S. The van der Waals surface area contributed by atoms with Crippen LogP contribution in [0.25, 0.3) is 0 Å². The molecule has 0 saturated carbocycles. The average molecular weight is 231 g/mol. The Kier molecular flexibility index (Phi) is 2.53. The lowest BCUT2D eigenvalue weighted by Gasteiger charge is -2.13. The first kappa shape index (κ1) is 10.6. The summed E-state index contributed by atoms with van der Waals surface area (Å²) in [5, 5.41) is 9.32. The van der Waals surface area contributed by atoms with Crippen molar-refractivity contribution in [3.63, 3.8) is 0 Å². The highest BCUT2D eigenvalue weighted by Crippen LogP contribution is 2.19. The number of aliphatic hydroxyl groups excluding tert-OH is 1. The minimum absolute atomic E-state index is 0.0408. The fourth-order valence-corrected chi connectivity index (χ4v) is 3.04. The van der Waals surface area contributed by atoms with E-state index in [2.05, 4.69) is 4.98 Å². The maximum Gasteiger partial charge on any atom is 0.262 e. The number of hydrogen-bond acceptors (Lipinski definition) is 4. The summed E-state index contributed by atoms with van der Waals surface area (Å²) in [4.78, 5) is 3.81. The topological polar surface area (TPSA) is 75.4 Å². The van der Waals surface area contributed by atoms with E-state index in [1.54, 1.807) is 11.6 Å². The first-order chi connectivity index (χ1) is 7.00. The van der Waals surface area contributed by atoms with Crippen LogP contribution in [0.2, 0.25) is 0 Å². The molecule has 15 heavy (non-hydrogen) atoms. The number of nitrogens with zero attached hydrogens (tertiary/aromatic N) is 3. The first-order valence-corrected chi connectivity index (χ1v) is 6.10. The number of hydrogen-bond donors (Lipinski definition) is 1. The van der Waals surface area contributed by atoms with E-state index >= 15 is 0 Å². The molecule has 1 aromatic rings. The van der Waals surface area contributed by atoms with Gasteiger partial charge in [0, 0.05) is 26.3 Å². The van der Waals surface area contributed by atoms with Crippen LogP contribution in [0.5, 0.6) is 0 Å². The van der Waals surface area contributed by atoms with Gasteiger partial charge in [0.1, 0.15) is 0 Å². The lowest BCUT2D eigenvalue weighted by Crippen LogP contribution is -2.29. The van der Waals surface area contributed by atoms with E-state index in [-0.39, 0.29) is 11.6 Å². The first-order valence-electron chi connectivity index (χ1n) is 4.66. The molecule has 1 fully saturated rings. The third-order valence-electron chi connectivity index (χ3n) is 2.41. The highest BCUT2D eigenvalue weighted by molar-refractivity contribution is 7.89. The van der Waals surface area contributed by atoms with Crippen molar-refractivity contribution >= 4 is 10.0 Å². The number of imidazole rings is 1. The minimum Gasteiger partial charge on any atom is -0.392 e. The van der Waals surface area contributed by atoms with E-state index in [1.165, 1.54) is 16.8 Å². The van der Waals surface area contributed by atoms with E-state index in [0.717, 1.165) is 0 Å². The van der Waals surface area contributed by atoms with Crippen molar-refractivity contribution in [3.8, 4) is 0 Å². The van der Waals surface area contributed by atoms with Crippen LogP contribution in [0.15, 0.2) is 17.6 Å². The van der Waals surface area contributed by atoms with Crippen LogP contribution in [0, 0.1) is 0 Å². The molecule has 84 valence electrons. The summed E-state index contributed by atoms with van der Waals surface area (Å²) >= 11 is 0. The Balaban J connectivity index is 2.27. The van der Waals surface area contributed by atoms with Gasteiger partial charge in [-0.15, -0.1) is 0 Å². The molecule has 0 unspecified atom stereocenters. The van der Waals surface area contributed by atoms with Crippen LogP contribution < -0.4 is 0 Å². The van der Waals surface area contributed by atoms with Crippen LogP contribution in [0.4, 0.5) is 0 Å². The SMILES string of the molecule is Cn1cnc(S(=O)(=O)N2CC[C@H](O)C2)c1. The molecule has 0 aromatic carbocycles. The van der Waals surface area contributed by atoms with E-state index in [9.17, 15) is 13.5 Å². The number of aryl methyl sites for hydroxylation is 1. The average Bonchev–Trinajstić information content (AvgIpc) is 2.74. The summed E-state index contributed by atoms with van der Waals surface area (Å²) in [5.74, 6) is 0. The molecule has 1 atom stereocenters. The molecule has 1 aromatic heterocycles. The molecule has 0 amide bonds. The zero-order valence-corrected chi connectivity index (χ0v) is 9.18. The number of rotatable bonds is 2. The largest absolute Gasteiger partial charge is 0.392 e. The molecule has 1 aliphatic heterocycles. The Morgan fingerprint density at radius 2 is 2.33 bits per heavy atom. The van der Waals surface area contributed by atoms with Crippen molar-refractivity contribution in [1.82, 2.24) is 13.9 Å². The molecule has 2 rings (SSSR count). The fraction of sp³-hybridized carbons (Fsp3) is 0.625. The van der Waals surface area contributed by atoms with Crippen molar-refractivity contribution in [2.45, 2.75) is 17.6 Å². The minimum atomic E-state index is -3.51. The van der Waals surface area contributed by atoms with Crippen molar-refractivity contribution in [3.05, 3.63) is 12.5 Å². The summed E-state index contributed by atoms with van der Waals surface area (Å²) in [6, 6.07) is 0. The Morgan fingerprint density at radius 3 is 2.80 bits per heavy atom. The Hall–Kier alpha value is -0.920. The Morgan fingerprint density at radius 1 is 1.60 bits per heavy atom. The Labute approximate surface area is 88.2 Å². The van der Waals surface area contributed by atoms with Crippen LogP contribution >= 0.6 is 0 Å². The summed E-state index contributed by atoms with van der Waals surface area (Å²) in [6.45, 7) is 0.527. The molecule has 0 bridgehead atoms. The van der Waals surface area contributed by atoms with Gasteiger partial charge in [0.15, 0.2) is 5.03 Å². The second-order valence-corrected chi connectivity index (χ2v) is 5.57. The lowest BCUT2D eigenvalue weighted by molar-refractivity contribution is 0.189. The number of β-amino-alcohol motifs (C(OH)–C–C–N with tert-alkyl or cyclic N) is 1. The maximum absolute atomic E-state index is 11.9. The van der Waals surface area contributed by atoms with Gasteiger partial charge >= 0.3 is 0 Å². The number of aliphatic hydroxyl groups is 1. The summed E-state index contributed by atoms with van der Waals surface area (Å²) in [6.07, 6.45) is 2.84. The van der Waals surface area contributed by atoms with Gasteiger partial charge in [-0.1, -0.05) is 0 Å². The van der Waals surface area contributed by atoms with E-state index in [4.69, 9.17) is 0 Å². The molecule has 2 heterocycles. The molecule has 0 spiro atoms. The van der Waals surface area contributed by atoms with E-state index in [0.29, 0.717) is 13.0 Å². The third-order valence-corrected chi connectivity index (χ3v) is 4.16. The van der Waals surface area contributed by atoms with Gasteiger partial charge in [-0.3, -0.25) is 0 Å². The van der Waals surface area contributed by atoms with Crippen LogP contribution in [0.1, 0.15) is 6.42 Å². The van der Waals surface area contributed by atoms with Gasteiger partial charge in [0.05, 0.1) is 12.4 Å². The number of sulfonamides is 1. The van der Waals surface area contributed by atoms with Crippen molar-refractivity contribution < 1.29 is 13.5 Å². The predicted octanol–water partition coefficient (Wildman–Crippen LogP) is -0.825. The third kappa shape index (κ3) is 1.90. The Bertz CT molecular complexity index is 453. The smallest absolute Gasteiger partial charge is 0.262 e. The van der Waals surface area contributed by atoms with Crippen LogP contribution in [-0.2, 0) is 17.1 Å². The van der Waals surface area contributed by atoms with Gasteiger partial charge < -0.3 is 9.67 Å². The summed E-state index contributed by atoms with van der Waals surface area (Å²) in [5.41, 5.74) is 0. The van der Waals surface area contributed by atoms with Crippen molar-refractivity contribution in [2.75, 3.05) is 13.1 Å². The van der Waals surface area contributed by atoms with E-state index < -0.39 is 16.1 Å². The molecule has 7 heteroatoms. The van der Waals surface area contributed by atoms with Crippen molar-refractivity contribution in [1.29, 1.82) is 0 Å². The monoisotopic (exact) mass is 231 g/mol. The lowest BCUT2D eigenvalue weighted by atomic mass is 10.3. The standard InChI is InChI=1S/C8H13N3O3S/c1-10-5-8(9-6-10)15(13,14)11-3-2-7(12)4-11/h5-7,12H,2-4H2,1H3/t7-/m0/s1.